The average Bonchev–Trinajstić information content (AvgIpc) is 2.18. The summed E-state index contributed by atoms with van der Waals surface area (Å²) >= 11 is 0. The minimum absolute atomic E-state index is 0.151. The lowest BCUT2D eigenvalue weighted by atomic mass is 10.1. The smallest absolute Gasteiger partial charge is 0.146 e. The van der Waals surface area contributed by atoms with E-state index in [-0.39, 0.29) is 5.82 Å². The number of nitrogens with zero attached hydrogens (tertiary/aromatic N) is 1. The van der Waals surface area contributed by atoms with Gasteiger partial charge in [-0.15, -0.1) is 0 Å². The lowest BCUT2D eigenvalue weighted by Crippen LogP contribution is -2.20. The van der Waals surface area contributed by atoms with Gasteiger partial charge in [-0.25, -0.2) is 4.39 Å². The third-order valence-electron chi connectivity index (χ3n) is 2.29. The molecule has 0 fully saturated rings. The monoisotopic (exact) mass is 196 g/mol. The van der Waals surface area contributed by atoms with Crippen molar-refractivity contribution in [3.63, 3.8) is 0 Å². The number of hydrogen-bond acceptors (Lipinski definition) is 2. The molecule has 3 heteroatoms. The van der Waals surface area contributed by atoms with Gasteiger partial charge in [0.2, 0.25) is 0 Å². The first-order valence-electron chi connectivity index (χ1n) is 4.83. The van der Waals surface area contributed by atoms with Gasteiger partial charge in [-0.3, -0.25) is 0 Å². The molecule has 0 aliphatic heterocycles. The maximum absolute atomic E-state index is 13.5. The molecule has 0 radical (unpaired) electrons. The number of halogens is 1. The number of para-hydroxylation sites is 1. The van der Waals surface area contributed by atoms with E-state index in [0.29, 0.717) is 12.2 Å². The third-order valence-corrected chi connectivity index (χ3v) is 2.29. The zero-order valence-corrected chi connectivity index (χ0v) is 8.97. The first-order chi connectivity index (χ1) is 6.70. The molecule has 0 spiro atoms. The Morgan fingerprint density at radius 2 is 2.14 bits per heavy atom. The summed E-state index contributed by atoms with van der Waals surface area (Å²) in [5.41, 5.74) is 1.70. The van der Waals surface area contributed by atoms with Crippen LogP contribution in [0.1, 0.15) is 12.5 Å². The summed E-state index contributed by atoms with van der Waals surface area (Å²) in [7, 11) is 3.76. The van der Waals surface area contributed by atoms with Crippen LogP contribution < -0.4 is 10.2 Å². The highest BCUT2D eigenvalue weighted by Crippen LogP contribution is 2.22. The highest BCUT2D eigenvalue weighted by atomic mass is 19.1. The van der Waals surface area contributed by atoms with Crippen molar-refractivity contribution < 1.29 is 4.39 Å². The minimum atomic E-state index is -0.151. The molecule has 1 aromatic carbocycles. The molecule has 0 bridgehead atoms. The molecule has 1 aromatic rings. The molecule has 1 rings (SSSR count). The van der Waals surface area contributed by atoms with Gasteiger partial charge in [-0.1, -0.05) is 12.1 Å². The largest absolute Gasteiger partial charge is 0.372 e. The van der Waals surface area contributed by atoms with Crippen molar-refractivity contribution in [2.75, 3.05) is 25.5 Å². The summed E-state index contributed by atoms with van der Waals surface area (Å²) in [6, 6.07) is 5.19. The molecular formula is C11H17FN2. The van der Waals surface area contributed by atoms with Crippen LogP contribution in [0.25, 0.3) is 0 Å². The van der Waals surface area contributed by atoms with Crippen molar-refractivity contribution in [1.29, 1.82) is 0 Å². The molecule has 0 unspecified atom stereocenters. The summed E-state index contributed by atoms with van der Waals surface area (Å²) in [5, 5.41) is 3.04. The Labute approximate surface area is 84.7 Å². The van der Waals surface area contributed by atoms with Gasteiger partial charge in [0.1, 0.15) is 5.82 Å². The van der Waals surface area contributed by atoms with Crippen molar-refractivity contribution in [3.8, 4) is 0 Å². The van der Waals surface area contributed by atoms with Gasteiger partial charge >= 0.3 is 0 Å². The second-order valence-electron chi connectivity index (χ2n) is 3.29. The quantitative estimate of drug-likeness (QED) is 0.792. The second kappa shape index (κ2) is 4.96. The van der Waals surface area contributed by atoms with Crippen LogP contribution in [-0.4, -0.2) is 20.6 Å². The van der Waals surface area contributed by atoms with Crippen molar-refractivity contribution >= 4 is 5.69 Å². The molecule has 0 aromatic heterocycles. The van der Waals surface area contributed by atoms with Crippen LogP contribution in [0.5, 0.6) is 0 Å². The van der Waals surface area contributed by atoms with Gasteiger partial charge in [-0.05, 0) is 25.6 Å². The predicted octanol–water partition coefficient (Wildman–Crippen LogP) is 2.00. The minimum Gasteiger partial charge on any atom is -0.372 e. The number of anilines is 1. The molecule has 0 atom stereocenters. The Morgan fingerprint density at radius 1 is 1.43 bits per heavy atom. The Morgan fingerprint density at radius 3 is 2.71 bits per heavy atom. The van der Waals surface area contributed by atoms with E-state index >= 15 is 0 Å². The van der Waals surface area contributed by atoms with Crippen LogP contribution in [-0.2, 0) is 6.54 Å². The van der Waals surface area contributed by atoms with Crippen LogP contribution >= 0.6 is 0 Å². The van der Waals surface area contributed by atoms with E-state index in [1.807, 2.05) is 32.0 Å². The normalized spacial score (nSPS) is 10.3. The van der Waals surface area contributed by atoms with Crippen molar-refractivity contribution in [1.82, 2.24) is 5.32 Å². The Kier molecular flexibility index (Phi) is 3.89. The molecule has 14 heavy (non-hydrogen) atoms. The highest BCUT2D eigenvalue weighted by molar-refractivity contribution is 5.54. The molecule has 0 aliphatic rings. The van der Waals surface area contributed by atoms with E-state index in [1.54, 1.807) is 6.07 Å². The van der Waals surface area contributed by atoms with Gasteiger partial charge < -0.3 is 10.2 Å². The molecule has 78 valence electrons. The first-order valence-corrected chi connectivity index (χ1v) is 4.83. The predicted molar refractivity (Wildman–Crippen MR) is 58.1 cm³/mol. The molecule has 0 saturated carbocycles. The fourth-order valence-electron chi connectivity index (χ4n) is 1.48. The molecule has 1 N–H and O–H groups in total. The molecule has 2 nitrogen and oxygen atoms in total. The maximum Gasteiger partial charge on any atom is 0.146 e. The topological polar surface area (TPSA) is 15.3 Å². The fraction of sp³-hybridized carbons (Fsp3) is 0.455. The highest BCUT2D eigenvalue weighted by Gasteiger charge is 2.10. The molecule has 0 amide bonds. The lowest BCUT2D eigenvalue weighted by Gasteiger charge is -2.21. The van der Waals surface area contributed by atoms with Crippen molar-refractivity contribution in [2.24, 2.45) is 0 Å². The van der Waals surface area contributed by atoms with Crippen LogP contribution in [0.15, 0.2) is 18.2 Å². The van der Waals surface area contributed by atoms with E-state index in [4.69, 9.17) is 0 Å². The lowest BCUT2D eigenvalue weighted by molar-refractivity contribution is 0.619. The van der Waals surface area contributed by atoms with E-state index in [0.717, 1.165) is 12.1 Å². The zero-order chi connectivity index (χ0) is 10.6. The Bertz CT molecular complexity index is 299. The third kappa shape index (κ3) is 2.23. The SMILES string of the molecule is CCN(C)c1c(F)cccc1CNC. The summed E-state index contributed by atoms with van der Waals surface area (Å²) in [6.45, 7) is 3.50. The van der Waals surface area contributed by atoms with Crippen molar-refractivity contribution in [2.45, 2.75) is 13.5 Å². The van der Waals surface area contributed by atoms with Gasteiger partial charge in [0.15, 0.2) is 0 Å². The standard InChI is InChI=1S/C11H17FN2/c1-4-14(3)11-9(8-13-2)6-5-7-10(11)12/h5-7,13H,4,8H2,1-3H3. The van der Waals surface area contributed by atoms with Crippen molar-refractivity contribution in [3.05, 3.63) is 29.6 Å². The Balaban J connectivity index is 3.08. The summed E-state index contributed by atoms with van der Waals surface area (Å²) in [6.07, 6.45) is 0. The van der Waals surface area contributed by atoms with Gasteiger partial charge in [0.25, 0.3) is 0 Å². The molecule has 0 saturated heterocycles. The number of nitrogens with one attached hydrogen (secondary N) is 1. The van der Waals surface area contributed by atoms with Crippen LogP contribution in [0.3, 0.4) is 0 Å². The Hall–Kier alpha value is -1.09. The zero-order valence-electron chi connectivity index (χ0n) is 8.97. The van der Waals surface area contributed by atoms with Crippen LogP contribution in [0.2, 0.25) is 0 Å². The second-order valence-corrected chi connectivity index (χ2v) is 3.29. The average molecular weight is 196 g/mol. The van der Waals surface area contributed by atoms with Gasteiger partial charge in [0.05, 0.1) is 5.69 Å². The molecular weight excluding hydrogens is 179 g/mol. The fourth-order valence-corrected chi connectivity index (χ4v) is 1.48. The van der Waals surface area contributed by atoms with Gasteiger partial charge in [-0.2, -0.15) is 0 Å². The van der Waals surface area contributed by atoms with Crippen LogP contribution in [0.4, 0.5) is 10.1 Å². The summed E-state index contributed by atoms with van der Waals surface area (Å²) < 4.78 is 13.5. The van der Waals surface area contributed by atoms with Gasteiger partial charge in [0, 0.05) is 20.1 Å². The summed E-state index contributed by atoms with van der Waals surface area (Å²) in [4.78, 5) is 1.92. The number of benzene rings is 1. The van der Waals surface area contributed by atoms with E-state index < -0.39 is 0 Å². The first kappa shape index (κ1) is 11.0. The molecule has 0 heterocycles. The number of rotatable bonds is 4. The van der Waals surface area contributed by atoms with Crippen LogP contribution in [0, 0.1) is 5.82 Å². The van der Waals surface area contributed by atoms with E-state index in [9.17, 15) is 4.39 Å². The summed E-state index contributed by atoms with van der Waals surface area (Å²) in [5.74, 6) is -0.151. The number of hydrogen-bond donors (Lipinski definition) is 1. The van der Waals surface area contributed by atoms with E-state index in [2.05, 4.69) is 5.32 Å². The molecule has 0 aliphatic carbocycles. The van der Waals surface area contributed by atoms with E-state index in [1.165, 1.54) is 6.07 Å². The maximum atomic E-state index is 13.5.